The fourth-order valence-electron chi connectivity index (χ4n) is 4.09. The molecule has 0 aliphatic carbocycles. The predicted octanol–water partition coefficient (Wildman–Crippen LogP) is 5.93. The Labute approximate surface area is 157 Å². The lowest BCUT2D eigenvalue weighted by molar-refractivity contribution is -0.139. The molecule has 4 aromatic rings. The lowest BCUT2D eigenvalue weighted by Crippen LogP contribution is -2.07. The monoisotopic (exact) mass is 350 g/mol. The third-order valence-corrected chi connectivity index (χ3v) is 5.43. The molecule has 0 spiro atoms. The van der Waals surface area contributed by atoms with Gasteiger partial charge in [0.05, 0.1) is 5.92 Å². The lowest BCUT2D eigenvalue weighted by Gasteiger charge is -2.20. The molecule has 0 bridgehead atoms. The van der Waals surface area contributed by atoms with E-state index in [-0.39, 0.29) is 18.0 Å². The Balaban J connectivity index is 1.68. The molecule has 1 aliphatic rings. The zero-order chi connectivity index (χ0) is 18.4. The summed E-state index contributed by atoms with van der Waals surface area (Å²) >= 11 is 0. The van der Waals surface area contributed by atoms with E-state index >= 15 is 0 Å². The Morgan fingerprint density at radius 3 is 2.30 bits per heavy atom. The first-order valence-electron chi connectivity index (χ1n) is 9.08. The number of esters is 1. The van der Waals surface area contributed by atoms with Crippen molar-refractivity contribution < 1.29 is 9.53 Å². The van der Waals surface area contributed by atoms with E-state index in [4.69, 9.17) is 4.74 Å². The zero-order valence-corrected chi connectivity index (χ0v) is 14.8. The minimum Gasteiger partial charge on any atom is -0.453 e. The van der Waals surface area contributed by atoms with Crippen molar-refractivity contribution in [2.75, 3.05) is 0 Å². The summed E-state index contributed by atoms with van der Waals surface area (Å²) in [6.45, 7) is 4.06. The summed E-state index contributed by atoms with van der Waals surface area (Å²) in [7, 11) is 0. The first kappa shape index (κ1) is 15.8. The molecule has 2 nitrogen and oxygen atoms in total. The molecule has 1 aliphatic heterocycles. The van der Waals surface area contributed by atoms with Crippen LogP contribution in [-0.2, 0) is 9.53 Å². The molecule has 0 amide bonds. The van der Waals surface area contributed by atoms with E-state index in [2.05, 4.69) is 61.2 Å². The van der Waals surface area contributed by atoms with Crippen LogP contribution in [-0.4, -0.2) is 5.97 Å². The van der Waals surface area contributed by atoms with Crippen LogP contribution < -0.4 is 0 Å². The van der Waals surface area contributed by atoms with Crippen molar-refractivity contribution in [1.82, 2.24) is 0 Å². The van der Waals surface area contributed by atoms with E-state index in [0.29, 0.717) is 5.57 Å². The van der Waals surface area contributed by atoms with Gasteiger partial charge >= 0.3 is 5.97 Å². The van der Waals surface area contributed by atoms with Gasteiger partial charge in [0.2, 0.25) is 0 Å². The van der Waals surface area contributed by atoms with Crippen LogP contribution in [0.3, 0.4) is 0 Å². The van der Waals surface area contributed by atoms with Gasteiger partial charge < -0.3 is 4.74 Å². The molecular weight excluding hydrogens is 332 g/mol. The van der Waals surface area contributed by atoms with Crippen molar-refractivity contribution >= 4 is 27.5 Å². The molecule has 1 saturated heterocycles. The molecule has 0 saturated carbocycles. The van der Waals surface area contributed by atoms with Crippen LogP contribution in [0.5, 0.6) is 0 Å². The van der Waals surface area contributed by atoms with Crippen LogP contribution in [0.1, 0.15) is 23.1 Å². The van der Waals surface area contributed by atoms with Crippen LogP contribution in [0.15, 0.2) is 97.1 Å². The molecule has 4 aromatic carbocycles. The predicted molar refractivity (Wildman–Crippen MR) is 109 cm³/mol. The number of hydrogen-bond acceptors (Lipinski definition) is 2. The number of benzene rings is 4. The Morgan fingerprint density at radius 1 is 0.741 bits per heavy atom. The van der Waals surface area contributed by atoms with Crippen molar-refractivity contribution in [2.45, 2.75) is 12.0 Å². The first-order chi connectivity index (χ1) is 13.2. The quantitative estimate of drug-likeness (QED) is 0.331. The van der Waals surface area contributed by atoms with Gasteiger partial charge in [-0.25, -0.2) is 4.79 Å². The summed E-state index contributed by atoms with van der Waals surface area (Å²) in [6, 6.07) is 28.9. The highest BCUT2D eigenvalue weighted by molar-refractivity contribution is 5.95. The SMILES string of the molecule is C=C1C(=O)OC(c2ccc3ccccc3c2)C1c1cccc2ccccc12. The summed E-state index contributed by atoms with van der Waals surface area (Å²) in [5.41, 5.74) is 2.60. The Bertz CT molecular complexity index is 1200. The molecule has 2 unspecified atom stereocenters. The maximum atomic E-state index is 12.4. The van der Waals surface area contributed by atoms with Gasteiger partial charge in [-0.2, -0.15) is 0 Å². The van der Waals surface area contributed by atoms with Crippen molar-refractivity contribution in [3.63, 3.8) is 0 Å². The highest BCUT2D eigenvalue weighted by Crippen LogP contribution is 2.47. The standard InChI is InChI=1S/C25H18O2/c1-16-23(22-12-6-10-18-8-4-5-11-21(18)22)24(27-25(16)26)20-14-13-17-7-2-3-9-19(17)15-20/h2-15,23-24H,1H2. The summed E-state index contributed by atoms with van der Waals surface area (Å²) in [5, 5.41) is 4.60. The number of cyclic esters (lactones) is 1. The van der Waals surface area contributed by atoms with E-state index in [1.807, 2.05) is 30.3 Å². The minimum absolute atomic E-state index is 0.190. The average molecular weight is 350 g/mol. The molecule has 130 valence electrons. The van der Waals surface area contributed by atoms with Crippen LogP contribution in [0.2, 0.25) is 0 Å². The summed E-state index contributed by atoms with van der Waals surface area (Å²) < 4.78 is 5.79. The second-order valence-corrected chi connectivity index (χ2v) is 7.00. The Kier molecular flexibility index (Phi) is 3.58. The van der Waals surface area contributed by atoms with Gasteiger partial charge in [-0.1, -0.05) is 85.4 Å². The van der Waals surface area contributed by atoms with Crippen LogP contribution in [0, 0.1) is 0 Å². The van der Waals surface area contributed by atoms with Crippen LogP contribution in [0.25, 0.3) is 21.5 Å². The number of ether oxygens (including phenoxy) is 1. The van der Waals surface area contributed by atoms with E-state index in [1.165, 1.54) is 5.39 Å². The summed E-state index contributed by atoms with van der Waals surface area (Å²) in [4.78, 5) is 12.4. The molecule has 2 heteroatoms. The number of rotatable bonds is 2. The average Bonchev–Trinajstić information content (AvgIpc) is 3.01. The van der Waals surface area contributed by atoms with Gasteiger partial charge in [0.25, 0.3) is 0 Å². The van der Waals surface area contributed by atoms with Crippen molar-refractivity contribution in [3.05, 3.63) is 108 Å². The van der Waals surface area contributed by atoms with Crippen LogP contribution >= 0.6 is 0 Å². The minimum atomic E-state index is -0.361. The molecule has 2 atom stereocenters. The normalized spacial score (nSPS) is 19.6. The molecule has 5 rings (SSSR count). The molecule has 0 radical (unpaired) electrons. The molecular formula is C25H18O2. The van der Waals surface area contributed by atoms with E-state index in [9.17, 15) is 4.79 Å². The maximum Gasteiger partial charge on any atom is 0.334 e. The second-order valence-electron chi connectivity index (χ2n) is 7.00. The van der Waals surface area contributed by atoms with Crippen molar-refractivity contribution in [2.24, 2.45) is 0 Å². The van der Waals surface area contributed by atoms with E-state index < -0.39 is 0 Å². The van der Waals surface area contributed by atoms with Crippen LogP contribution in [0.4, 0.5) is 0 Å². The van der Waals surface area contributed by atoms with E-state index in [0.717, 1.165) is 27.3 Å². The highest BCUT2D eigenvalue weighted by atomic mass is 16.6. The smallest absolute Gasteiger partial charge is 0.334 e. The molecule has 1 heterocycles. The molecule has 0 aromatic heterocycles. The number of carbonyl (C=O) groups excluding carboxylic acids is 1. The van der Waals surface area contributed by atoms with Gasteiger partial charge in [-0.05, 0) is 38.7 Å². The topological polar surface area (TPSA) is 26.3 Å². The third-order valence-electron chi connectivity index (χ3n) is 5.43. The van der Waals surface area contributed by atoms with Gasteiger partial charge in [-0.3, -0.25) is 0 Å². The molecule has 0 N–H and O–H groups in total. The van der Waals surface area contributed by atoms with Gasteiger partial charge in [0.15, 0.2) is 0 Å². The summed E-state index contributed by atoms with van der Waals surface area (Å²) in [6.07, 6.45) is -0.361. The summed E-state index contributed by atoms with van der Waals surface area (Å²) in [5.74, 6) is -0.504. The lowest BCUT2D eigenvalue weighted by atomic mass is 9.83. The fourth-order valence-corrected chi connectivity index (χ4v) is 4.09. The number of hydrogen-bond donors (Lipinski definition) is 0. The van der Waals surface area contributed by atoms with E-state index in [1.54, 1.807) is 0 Å². The number of carbonyl (C=O) groups is 1. The van der Waals surface area contributed by atoms with Gasteiger partial charge in [0, 0.05) is 5.57 Å². The zero-order valence-electron chi connectivity index (χ0n) is 14.8. The third kappa shape index (κ3) is 2.53. The number of fused-ring (bicyclic) bond motifs is 2. The molecule has 1 fully saturated rings. The largest absolute Gasteiger partial charge is 0.453 e. The second kappa shape index (κ2) is 6.10. The van der Waals surface area contributed by atoms with Gasteiger partial charge in [-0.15, -0.1) is 0 Å². The molecule has 27 heavy (non-hydrogen) atoms. The highest BCUT2D eigenvalue weighted by Gasteiger charge is 2.41. The first-order valence-corrected chi connectivity index (χ1v) is 9.08. The van der Waals surface area contributed by atoms with Crippen molar-refractivity contribution in [1.29, 1.82) is 0 Å². The maximum absolute atomic E-state index is 12.4. The Hall–Kier alpha value is -3.39. The van der Waals surface area contributed by atoms with Crippen molar-refractivity contribution in [3.8, 4) is 0 Å². The van der Waals surface area contributed by atoms with Gasteiger partial charge in [0.1, 0.15) is 6.10 Å². The Morgan fingerprint density at radius 2 is 1.44 bits per heavy atom. The fraction of sp³-hybridized carbons (Fsp3) is 0.0800.